The normalized spacial score (nSPS) is 11.8. The number of hydrogen-bond acceptors (Lipinski definition) is 5. The standard InChI is InChI=1S/C17H26N2O5/c1-13(19-17(21)4-3-9-23-11-10-22-2)14-5-7-15(8-6-14)24-12-16(18)20/h5-8,13H,3-4,9-12H2,1-2H3,(H2,18,20)(H,19,21). The number of primary amides is 1. The van der Waals surface area contributed by atoms with E-state index in [-0.39, 0.29) is 18.6 Å². The fourth-order valence-electron chi connectivity index (χ4n) is 1.98. The van der Waals surface area contributed by atoms with Gasteiger partial charge in [-0.2, -0.15) is 0 Å². The van der Waals surface area contributed by atoms with Crippen molar-refractivity contribution in [3.8, 4) is 5.75 Å². The number of ether oxygens (including phenoxy) is 3. The van der Waals surface area contributed by atoms with E-state index < -0.39 is 5.91 Å². The summed E-state index contributed by atoms with van der Waals surface area (Å²) in [5.74, 6) is 0.0158. The van der Waals surface area contributed by atoms with Crippen LogP contribution in [0.2, 0.25) is 0 Å². The summed E-state index contributed by atoms with van der Waals surface area (Å²) in [5, 5.41) is 2.93. The summed E-state index contributed by atoms with van der Waals surface area (Å²) >= 11 is 0. The highest BCUT2D eigenvalue weighted by atomic mass is 16.5. The van der Waals surface area contributed by atoms with Crippen LogP contribution in [0.25, 0.3) is 0 Å². The lowest BCUT2D eigenvalue weighted by molar-refractivity contribution is -0.122. The predicted octanol–water partition coefficient (Wildman–Crippen LogP) is 1.17. The molecule has 24 heavy (non-hydrogen) atoms. The Hall–Kier alpha value is -2.12. The largest absolute Gasteiger partial charge is 0.484 e. The van der Waals surface area contributed by atoms with Gasteiger partial charge >= 0.3 is 0 Å². The van der Waals surface area contributed by atoms with E-state index in [1.807, 2.05) is 19.1 Å². The molecule has 7 heteroatoms. The average Bonchev–Trinajstić information content (AvgIpc) is 2.56. The van der Waals surface area contributed by atoms with Gasteiger partial charge in [0.1, 0.15) is 5.75 Å². The number of nitrogens with two attached hydrogens (primary N) is 1. The molecule has 7 nitrogen and oxygen atoms in total. The third kappa shape index (κ3) is 8.50. The minimum absolute atomic E-state index is 0.0214. The zero-order valence-electron chi connectivity index (χ0n) is 14.2. The van der Waals surface area contributed by atoms with Gasteiger partial charge in [0.2, 0.25) is 5.91 Å². The molecule has 0 bridgehead atoms. The van der Waals surface area contributed by atoms with Crippen LogP contribution >= 0.6 is 0 Å². The van der Waals surface area contributed by atoms with Gasteiger partial charge in [-0.3, -0.25) is 9.59 Å². The van der Waals surface area contributed by atoms with Gasteiger partial charge in [0.05, 0.1) is 19.3 Å². The van der Waals surface area contributed by atoms with Crippen molar-refractivity contribution in [2.75, 3.05) is 33.5 Å². The molecule has 0 radical (unpaired) electrons. The van der Waals surface area contributed by atoms with E-state index in [9.17, 15) is 9.59 Å². The molecule has 0 spiro atoms. The zero-order valence-corrected chi connectivity index (χ0v) is 14.2. The van der Waals surface area contributed by atoms with Crippen LogP contribution in [-0.4, -0.2) is 45.4 Å². The molecule has 0 heterocycles. The monoisotopic (exact) mass is 338 g/mol. The van der Waals surface area contributed by atoms with E-state index >= 15 is 0 Å². The average molecular weight is 338 g/mol. The van der Waals surface area contributed by atoms with Gasteiger partial charge in [0.15, 0.2) is 6.61 Å². The van der Waals surface area contributed by atoms with Crippen molar-refractivity contribution in [2.45, 2.75) is 25.8 Å². The molecule has 1 unspecified atom stereocenters. The molecule has 1 rings (SSSR count). The Morgan fingerprint density at radius 3 is 2.50 bits per heavy atom. The summed E-state index contributed by atoms with van der Waals surface area (Å²) in [7, 11) is 1.62. The second kappa shape index (κ2) is 11.4. The molecule has 1 aromatic carbocycles. The van der Waals surface area contributed by atoms with Crippen molar-refractivity contribution in [3.63, 3.8) is 0 Å². The molecular formula is C17H26N2O5. The lowest BCUT2D eigenvalue weighted by atomic mass is 10.1. The molecule has 0 saturated carbocycles. The van der Waals surface area contributed by atoms with E-state index in [0.29, 0.717) is 38.4 Å². The minimum atomic E-state index is -0.522. The molecule has 0 aromatic heterocycles. The highest BCUT2D eigenvalue weighted by Crippen LogP contribution is 2.17. The molecule has 0 aliphatic carbocycles. The number of benzene rings is 1. The van der Waals surface area contributed by atoms with Crippen LogP contribution in [0.3, 0.4) is 0 Å². The van der Waals surface area contributed by atoms with Gasteiger partial charge in [0.25, 0.3) is 5.91 Å². The lowest BCUT2D eigenvalue weighted by Gasteiger charge is -2.15. The van der Waals surface area contributed by atoms with Gasteiger partial charge in [-0.15, -0.1) is 0 Å². The molecule has 2 amide bonds. The number of amides is 2. The van der Waals surface area contributed by atoms with E-state index in [0.717, 1.165) is 5.56 Å². The van der Waals surface area contributed by atoms with Crippen LogP contribution in [0.5, 0.6) is 5.75 Å². The first-order valence-electron chi connectivity index (χ1n) is 7.90. The van der Waals surface area contributed by atoms with Crippen molar-refractivity contribution < 1.29 is 23.8 Å². The topological polar surface area (TPSA) is 99.9 Å². The first kappa shape index (κ1) is 19.9. The first-order chi connectivity index (χ1) is 11.5. The van der Waals surface area contributed by atoms with Gasteiger partial charge in [0, 0.05) is 20.1 Å². The summed E-state index contributed by atoms with van der Waals surface area (Å²) in [6.07, 6.45) is 1.08. The quantitative estimate of drug-likeness (QED) is 0.557. The van der Waals surface area contributed by atoms with Gasteiger partial charge < -0.3 is 25.3 Å². The first-order valence-corrected chi connectivity index (χ1v) is 7.90. The Kier molecular flexibility index (Phi) is 9.48. The molecule has 0 aliphatic rings. The second-order valence-electron chi connectivity index (χ2n) is 5.32. The van der Waals surface area contributed by atoms with Crippen LogP contribution in [0.15, 0.2) is 24.3 Å². The Morgan fingerprint density at radius 2 is 1.88 bits per heavy atom. The Balaban J connectivity index is 2.29. The second-order valence-corrected chi connectivity index (χ2v) is 5.32. The Labute approximate surface area is 142 Å². The van der Waals surface area contributed by atoms with Crippen LogP contribution in [-0.2, 0) is 19.1 Å². The minimum Gasteiger partial charge on any atom is -0.484 e. The van der Waals surface area contributed by atoms with E-state index in [1.165, 1.54) is 0 Å². The van der Waals surface area contributed by atoms with E-state index in [4.69, 9.17) is 19.9 Å². The fraction of sp³-hybridized carbons (Fsp3) is 0.529. The van der Waals surface area contributed by atoms with Crippen molar-refractivity contribution in [1.82, 2.24) is 5.32 Å². The third-order valence-electron chi connectivity index (χ3n) is 3.26. The van der Waals surface area contributed by atoms with Crippen molar-refractivity contribution >= 4 is 11.8 Å². The number of nitrogens with one attached hydrogen (secondary N) is 1. The highest BCUT2D eigenvalue weighted by Gasteiger charge is 2.09. The van der Waals surface area contributed by atoms with Crippen LogP contribution in [0.4, 0.5) is 0 Å². The molecule has 1 atom stereocenters. The smallest absolute Gasteiger partial charge is 0.255 e. The summed E-state index contributed by atoms with van der Waals surface area (Å²) < 4.78 is 15.4. The summed E-state index contributed by atoms with van der Waals surface area (Å²) in [4.78, 5) is 22.6. The zero-order chi connectivity index (χ0) is 17.8. The molecule has 3 N–H and O–H groups in total. The molecular weight excluding hydrogens is 312 g/mol. The Bertz CT molecular complexity index is 504. The number of carbonyl (C=O) groups excluding carboxylic acids is 2. The third-order valence-corrected chi connectivity index (χ3v) is 3.26. The number of methoxy groups -OCH3 is 1. The number of rotatable bonds is 12. The van der Waals surface area contributed by atoms with E-state index in [2.05, 4.69) is 5.32 Å². The summed E-state index contributed by atoms with van der Waals surface area (Å²) in [6.45, 7) is 3.39. The van der Waals surface area contributed by atoms with Gasteiger partial charge in [-0.25, -0.2) is 0 Å². The molecule has 1 aromatic rings. The number of carbonyl (C=O) groups is 2. The maximum atomic E-state index is 11.9. The fourth-order valence-corrected chi connectivity index (χ4v) is 1.98. The summed E-state index contributed by atoms with van der Waals surface area (Å²) in [6, 6.07) is 7.05. The number of hydrogen-bond donors (Lipinski definition) is 2. The predicted molar refractivity (Wildman–Crippen MR) is 89.6 cm³/mol. The van der Waals surface area contributed by atoms with E-state index in [1.54, 1.807) is 19.2 Å². The van der Waals surface area contributed by atoms with Crippen molar-refractivity contribution in [1.29, 1.82) is 0 Å². The molecule has 0 fully saturated rings. The van der Waals surface area contributed by atoms with Crippen molar-refractivity contribution in [2.24, 2.45) is 5.73 Å². The van der Waals surface area contributed by atoms with Crippen molar-refractivity contribution in [3.05, 3.63) is 29.8 Å². The Morgan fingerprint density at radius 1 is 1.17 bits per heavy atom. The molecule has 0 aliphatic heterocycles. The molecule has 0 saturated heterocycles. The maximum Gasteiger partial charge on any atom is 0.255 e. The van der Waals surface area contributed by atoms with Gasteiger partial charge in [-0.05, 0) is 31.0 Å². The molecule has 134 valence electrons. The highest BCUT2D eigenvalue weighted by molar-refractivity contribution is 5.76. The van der Waals surface area contributed by atoms with Crippen LogP contribution in [0.1, 0.15) is 31.4 Å². The van der Waals surface area contributed by atoms with Crippen LogP contribution in [0, 0.1) is 0 Å². The SMILES string of the molecule is COCCOCCCC(=O)NC(C)c1ccc(OCC(N)=O)cc1. The maximum absolute atomic E-state index is 11.9. The summed E-state index contributed by atoms with van der Waals surface area (Å²) in [5.41, 5.74) is 5.97. The van der Waals surface area contributed by atoms with Gasteiger partial charge in [-0.1, -0.05) is 12.1 Å². The lowest BCUT2D eigenvalue weighted by Crippen LogP contribution is -2.26. The van der Waals surface area contributed by atoms with Crippen LogP contribution < -0.4 is 15.8 Å².